The Morgan fingerprint density at radius 3 is 2.71 bits per heavy atom. The van der Waals surface area contributed by atoms with Crippen LogP contribution in [0.15, 0.2) is 36.5 Å². The molecule has 5 nitrogen and oxygen atoms in total. The number of hydrogen-bond acceptors (Lipinski definition) is 5. The van der Waals surface area contributed by atoms with E-state index in [1.807, 2.05) is 4.90 Å². The number of rotatable bonds is 3. The maximum Gasteiger partial charge on any atom is 0.415 e. The number of ether oxygens (including phenoxy) is 1. The molecule has 2 aliphatic heterocycles. The molecule has 2 atom stereocenters. The van der Waals surface area contributed by atoms with Crippen LogP contribution in [0.2, 0.25) is 5.02 Å². The molecule has 1 aromatic carbocycles. The molecular formula is C19H20ClF3N4O. The number of nitrogens with one attached hydrogen (secondary N) is 2. The van der Waals surface area contributed by atoms with Gasteiger partial charge in [-0.15, -0.1) is 0 Å². The molecule has 0 spiro atoms. The average Bonchev–Trinajstić information content (AvgIpc) is 2.68. The third kappa shape index (κ3) is 3.14. The van der Waals surface area contributed by atoms with Gasteiger partial charge in [0.2, 0.25) is 0 Å². The Labute approximate surface area is 165 Å². The number of benzene rings is 1. The second kappa shape index (κ2) is 7.18. The molecule has 4 rings (SSSR count). The lowest BCUT2D eigenvalue weighted by Gasteiger charge is -2.46. The number of aromatic nitrogens is 1. The molecule has 2 aromatic rings. The molecule has 9 heteroatoms. The van der Waals surface area contributed by atoms with Gasteiger partial charge >= 0.3 is 6.18 Å². The van der Waals surface area contributed by atoms with Crippen molar-refractivity contribution in [2.75, 3.05) is 31.6 Å². The molecule has 28 heavy (non-hydrogen) atoms. The Kier molecular flexibility index (Phi) is 4.99. The normalized spacial score (nSPS) is 23.5. The quantitative estimate of drug-likeness (QED) is 0.801. The second-order valence-electron chi connectivity index (χ2n) is 6.93. The summed E-state index contributed by atoms with van der Waals surface area (Å²) in [4.78, 5) is 6.10. The smallest absolute Gasteiger partial charge is 0.379 e. The number of anilines is 2. The Morgan fingerprint density at radius 1 is 1.25 bits per heavy atom. The molecule has 2 N–H and O–H groups in total. The lowest BCUT2D eigenvalue weighted by molar-refractivity contribution is -0.194. The van der Waals surface area contributed by atoms with Crippen LogP contribution in [0.1, 0.15) is 18.1 Å². The van der Waals surface area contributed by atoms with Gasteiger partial charge < -0.3 is 10.1 Å². The summed E-state index contributed by atoms with van der Waals surface area (Å²) in [6.07, 6.45) is -3.71. The molecule has 1 fully saturated rings. The van der Waals surface area contributed by atoms with Crippen molar-refractivity contribution in [3.05, 3.63) is 52.7 Å². The van der Waals surface area contributed by atoms with Crippen LogP contribution in [0.25, 0.3) is 0 Å². The van der Waals surface area contributed by atoms with E-state index in [4.69, 9.17) is 16.3 Å². The Bertz CT molecular complexity index is 872. The third-order valence-electron chi connectivity index (χ3n) is 5.29. The number of pyridine rings is 1. The summed E-state index contributed by atoms with van der Waals surface area (Å²) in [7, 11) is 0. The van der Waals surface area contributed by atoms with Crippen molar-refractivity contribution < 1.29 is 17.9 Å². The van der Waals surface area contributed by atoms with Crippen LogP contribution >= 0.6 is 11.6 Å². The molecule has 0 aliphatic carbocycles. The van der Waals surface area contributed by atoms with Crippen LogP contribution in [0.3, 0.4) is 0 Å². The Morgan fingerprint density at radius 2 is 2.00 bits per heavy atom. The first-order chi connectivity index (χ1) is 13.3. The number of hydrogen-bond donors (Lipinski definition) is 2. The van der Waals surface area contributed by atoms with E-state index >= 15 is 0 Å². The van der Waals surface area contributed by atoms with Crippen molar-refractivity contribution in [2.24, 2.45) is 0 Å². The van der Waals surface area contributed by atoms with Crippen molar-refractivity contribution in [3.8, 4) is 0 Å². The van der Waals surface area contributed by atoms with Gasteiger partial charge in [0.1, 0.15) is 5.82 Å². The van der Waals surface area contributed by atoms with E-state index in [-0.39, 0.29) is 22.0 Å². The van der Waals surface area contributed by atoms with Gasteiger partial charge in [0, 0.05) is 41.1 Å². The van der Waals surface area contributed by atoms with Gasteiger partial charge in [-0.2, -0.15) is 13.2 Å². The predicted molar refractivity (Wildman–Crippen MR) is 101 cm³/mol. The van der Waals surface area contributed by atoms with E-state index in [1.165, 1.54) is 24.4 Å². The molecule has 0 bridgehead atoms. The lowest BCUT2D eigenvalue weighted by Crippen LogP contribution is -2.63. The van der Waals surface area contributed by atoms with Gasteiger partial charge in [-0.25, -0.2) is 4.98 Å². The molecule has 2 unspecified atom stereocenters. The molecule has 2 aliphatic rings. The minimum atomic E-state index is -4.63. The van der Waals surface area contributed by atoms with Crippen LogP contribution in [0.5, 0.6) is 0 Å². The van der Waals surface area contributed by atoms with Gasteiger partial charge in [0.25, 0.3) is 0 Å². The average molecular weight is 413 g/mol. The molecule has 3 heterocycles. The number of halogens is 4. The molecule has 150 valence electrons. The molecular weight excluding hydrogens is 393 g/mol. The van der Waals surface area contributed by atoms with Crippen LogP contribution in [0.4, 0.5) is 24.7 Å². The minimum Gasteiger partial charge on any atom is -0.379 e. The Balaban J connectivity index is 1.89. The summed E-state index contributed by atoms with van der Waals surface area (Å²) >= 11 is 6.10. The fraction of sp³-hybridized carbons (Fsp3) is 0.421. The number of fused-ring (bicyclic) bond motifs is 2. The predicted octanol–water partition coefficient (Wildman–Crippen LogP) is 3.87. The zero-order valence-corrected chi connectivity index (χ0v) is 15.9. The standard InChI is InChI=1S/C19H20ClF3N4O/c1-12(27-7-9-28-10-8-27)26-18(19(21,22)23)14-3-2-6-24-17(14)25-16-5-4-13(20)11-15(16)18/h2-6,11-12,26H,7-10H2,1H3,(H,24,25). The third-order valence-corrected chi connectivity index (χ3v) is 5.53. The highest BCUT2D eigenvalue weighted by Crippen LogP contribution is 2.52. The highest BCUT2D eigenvalue weighted by Gasteiger charge is 2.61. The topological polar surface area (TPSA) is 49.4 Å². The first kappa shape index (κ1) is 19.4. The highest BCUT2D eigenvalue weighted by atomic mass is 35.5. The molecule has 1 aromatic heterocycles. The summed E-state index contributed by atoms with van der Waals surface area (Å²) in [6, 6.07) is 7.44. The van der Waals surface area contributed by atoms with E-state index in [1.54, 1.807) is 19.1 Å². The lowest BCUT2D eigenvalue weighted by atomic mass is 9.78. The molecule has 1 saturated heterocycles. The highest BCUT2D eigenvalue weighted by molar-refractivity contribution is 6.30. The van der Waals surface area contributed by atoms with Gasteiger partial charge in [-0.3, -0.25) is 10.2 Å². The Hall–Kier alpha value is -1.87. The van der Waals surface area contributed by atoms with E-state index in [2.05, 4.69) is 15.6 Å². The van der Waals surface area contributed by atoms with Crippen molar-refractivity contribution in [3.63, 3.8) is 0 Å². The van der Waals surface area contributed by atoms with E-state index in [0.29, 0.717) is 32.0 Å². The molecule has 0 saturated carbocycles. The SMILES string of the molecule is CC(NC1(C(F)(F)F)c2cc(Cl)ccc2Nc2ncccc21)N1CCOCC1. The number of alkyl halides is 3. The first-order valence-electron chi connectivity index (χ1n) is 9.02. The van der Waals surface area contributed by atoms with Crippen LogP contribution < -0.4 is 10.6 Å². The van der Waals surface area contributed by atoms with Crippen LogP contribution in [-0.4, -0.2) is 48.5 Å². The van der Waals surface area contributed by atoms with Crippen LogP contribution in [0, 0.1) is 0 Å². The fourth-order valence-corrected chi connectivity index (χ4v) is 4.10. The monoisotopic (exact) mass is 412 g/mol. The van der Waals surface area contributed by atoms with Gasteiger partial charge in [-0.05, 0) is 31.2 Å². The maximum absolute atomic E-state index is 14.8. The van der Waals surface area contributed by atoms with Crippen molar-refractivity contribution in [1.82, 2.24) is 15.2 Å². The van der Waals surface area contributed by atoms with Crippen LogP contribution in [-0.2, 0) is 10.3 Å². The second-order valence-corrected chi connectivity index (χ2v) is 7.37. The summed E-state index contributed by atoms with van der Waals surface area (Å²) in [5.41, 5.74) is -2.06. The summed E-state index contributed by atoms with van der Waals surface area (Å²) in [5, 5.41) is 6.13. The number of morpholine rings is 1. The summed E-state index contributed by atoms with van der Waals surface area (Å²) < 4.78 is 49.8. The fourth-order valence-electron chi connectivity index (χ4n) is 3.93. The minimum absolute atomic E-state index is 0.0253. The van der Waals surface area contributed by atoms with Gasteiger partial charge in [0.15, 0.2) is 5.54 Å². The zero-order chi connectivity index (χ0) is 19.9. The van der Waals surface area contributed by atoms with E-state index in [9.17, 15) is 13.2 Å². The van der Waals surface area contributed by atoms with E-state index < -0.39 is 17.9 Å². The summed E-state index contributed by atoms with van der Waals surface area (Å²) in [5.74, 6) is 0.177. The van der Waals surface area contributed by atoms with Crippen molar-refractivity contribution in [2.45, 2.75) is 24.8 Å². The van der Waals surface area contributed by atoms with Gasteiger partial charge in [0.05, 0.1) is 19.4 Å². The van der Waals surface area contributed by atoms with Crippen molar-refractivity contribution in [1.29, 1.82) is 0 Å². The largest absolute Gasteiger partial charge is 0.415 e. The van der Waals surface area contributed by atoms with Gasteiger partial charge in [-0.1, -0.05) is 17.7 Å². The van der Waals surface area contributed by atoms with Crippen molar-refractivity contribution >= 4 is 23.1 Å². The zero-order valence-electron chi connectivity index (χ0n) is 15.2. The van der Waals surface area contributed by atoms with E-state index in [0.717, 1.165) is 0 Å². The molecule has 0 radical (unpaired) electrons. The summed E-state index contributed by atoms with van der Waals surface area (Å²) in [6.45, 7) is 3.84. The maximum atomic E-state index is 14.8. The molecule has 0 amide bonds. The first-order valence-corrected chi connectivity index (χ1v) is 9.39. The number of nitrogens with zero attached hydrogens (tertiary/aromatic N) is 2.